The molecule has 1 aromatic rings. The van der Waals surface area contributed by atoms with Gasteiger partial charge in [0.25, 0.3) is 0 Å². The fourth-order valence-electron chi connectivity index (χ4n) is 1.26. The summed E-state index contributed by atoms with van der Waals surface area (Å²) < 4.78 is 0. The summed E-state index contributed by atoms with van der Waals surface area (Å²) in [6, 6.07) is 4.00. The van der Waals surface area contributed by atoms with Crippen LogP contribution in [0.1, 0.15) is 25.1 Å². The molecule has 0 aliphatic carbocycles. The fraction of sp³-hybridized carbons (Fsp3) is 0.500. The molecular weight excluding hydrogens is 150 g/mol. The smallest absolute Gasteiger partial charge is 0.0567 e. The number of hydrogen-bond donors (Lipinski definition) is 1. The van der Waals surface area contributed by atoms with E-state index in [1.807, 2.05) is 6.07 Å². The highest BCUT2D eigenvalue weighted by Crippen LogP contribution is 2.08. The van der Waals surface area contributed by atoms with Crippen LogP contribution in [-0.2, 0) is 12.8 Å². The van der Waals surface area contributed by atoms with E-state index >= 15 is 0 Å². The summed E-state index contributed by atoms with van der Waals surface area (Å²) in [5.41, 5.74) is 2.26. The first-order valence-electron chi connectivity index (χ1n) is 4.35. The van der Waals surface area contributed by atoms with E-state index in [1.54, 1.807) is 13.1 Å². The Balaban J connectivity index is 2.82. The molecule has 66 valence electrons. The summed E-state index contributed by atoms with van der Waals surface area (Å²) in [4.78, 5) is 4.23. The van der Waals surface area contributed by atoms with Crippen molar-refractivity contribution in [1.82, 2.24) is 4.98 Å². The first-order valence-corrected chi connectivity index (χ1v) is 4.35. The van der Waals surface area contributed by atoms with Gasteiger partial charge in [-0.05, 0) is 25.0 Å². The molecule has 1 unspecified atom stereocenters. The Morgan fingerprint density at radius 3 is 2.92 bits per heavy atom. The lowest BCUT2D eigenvalue weighted by Gasteiger charge is -2.07. The second-order valence-electron chi connectivity index (χ2n) is 3.02. The van der Waals surface area contributed by atoms with Crippen molar-refractivity contribution in [3.05, 3.63) is 29.6 Å². The molecule has 1 rings (SSSR count). The first-order chi connectivity index (χ1) is 5.74. The minimum Gasteiger partial charge on any atom is -0.393 e. The van der Waals surface area contributed by atoms with Crippen molar-refractivity contribution in [3.63, 3.8) is 0 Å². The molecule has 2 nitrogen and oxygen atoms in total. The van der Waals surface area contributed by atoms with E-state index < -0.39 is 0 Å². The number of nitrogens with zero attached hydrogens (tertiary/aromatic N) is 1. The van der Waals surface area contributed by atoms with Crippen LogP contribution in [0.3, 0.4) is 0 Å². The van der Waals surface area contributed by atoms with Gasteiger partial charge in [-0.3, -0.25) is 4.98 Å². The predicted octanol–water partition coefficient (Wildman–Crippen LogP) is 1.57. The van der Waals surface area contributed by atoms with Crippen LogP contribution in [0.4, 0.5) is 0 Å². The molecule has 0 bridgehead atoms. The molecule has 0 aromatic carbocycles. The average molecular weight is 165 g/mol. The molecule has 1 aromatic heterocycles. The molecule has 0 aliphatic heterocycles. The quantitative estimate of drug-likeness (QED) is 0.737. The van der Waals surface area contributed by atoms with Crippen LogP contribution >= 0.6 is 0 Å². The van der Waals surface area contributed by atoms with Crippen LogP contribution in [0.25, 0.3) is 0 Å². The molecule has 0 amide bonds. The summed E-state index contributed by atoms with van der Waals surface area (Å²) in [5.74, 6) is 0. The Kier molecular flexibility index (Phi) is 3.23. The van der Waals surface area contributed by atoms with Crippen LogP contribution in [0.2, 0.25) is 0 Å². The Labute approximate surface area is 73.3 Å². The van der Waals surface area contributed by atoms with Gasteiger partial charge in [0.1, 0.15) is 0 Å². The van der Waals surface area contributed by atoms with Gasteiger partial charge < -0.3 is 5.11 Å². The summed E-state index contributed by atoms with van der Waals surface area (Å²) in [6.07, 6.45) is 3.11. The maximum Gasteiger partial charge on any atom is 0.0567 e. The number of hydrogen-bond acceptors (Lipinski definition) is 2. The molecule has 1 atom stereocenters. The summed E-state index contributed by atoms with van der Waals surface area (Å²) in [7, 11) is 0. The zero-order chi connectivity index (χ0) is 8.97. The molecule has 0 radical (unpaired) electrons. The number of aryl methyl sites for hydroxylation is 1. The van der Waals surface area contributed by atoms with Gasteiger partial charge >= 0.3 is 0 Å². The number of aromatic nitrogens is 1. The van der Waals surface area contributed by atoms with Crippen LogP contribution < -0.4 is 0 Å². The average Bonchev–Trinajstić information content (AvgIpc) is 2.04. The topological polar surface area (TPSA) is 33.1 Å². The molecule has 0 aliphatic rings. The zero-order valence-electron chi connectivity index (χ0n) is 7.62. The molecule has 1 N–H and O–H groups in total. The van der Waals surface area contributed by atoms with E-state index in [4.69, 9.17) is 0 Å². The van der Waals surface area contributed by atoms with Crippen molar-refractivity contribution in [3.8, 4) is 0 Å². The van der Waals surface area contributed by atoms with Gasteiger partial charge in [-0.15, -0.1) is 0 Å². The Morgan fingerprint density at radius 2 is 2.33 bits per heavy atom. The third-order valence-corrected chi connectivity index (χ3v) is 1.85. The number of aliphatic hydroxyl groups is 1. The van der Waals surface area contributed by atoms with Gasteiger partial charge in [0, 0.05) is 18.3 Å². The van der Waals surface area contributed by atoms with Crippen molar-refractivity contribution < 1.29 is 5.11 Å². The van der Waals surface area contributed by atoms with Crippen molar-refractivity contribution in [2.45, 2.75) is 32.8 Å². The second-order valence-corrected chi connectivity index (χ2v) is 3.02. The third-order valence-electron chi connectivity index (χ3n) is 1.85. The van der Waals surface area contributed by atoms with Gasteiger partial charge in [0.15, 0.2) is 0 Å². The van der Waals surface area contributed by atoms with Gasteiger partial charge in [0.2, 0.25) is 0 Å². The molecule has 0 fully saturated rings. The minimum absolute atomic E-state index is 0.301. The van der Waals surface area contributed by atoms with Crippen LogP contribution in [0.5, 0.6) is 0 Å². The van der Waals surface area contributed by atoms with E-state index in [2.05, 4.69) is 18.0 Å². The van der Waals surface area contributed by atoms with E-state index in [-0.39, 0.29) is 6.10 Å². The maximum absolute atomic E-state index is 9.19. The van der Waals surface area contributed by atoms with E-state index in [0.717, 1.165) is 12.1 Å². The fourth-order valence-corrected chi connectivity index (χ4v) is 1.26. The molecule has 12 heavy (non-hydrogen) atoms. The highest BCUT2D eigenvalue weighted by atomic mass is 16.3. The van der Waals surface area contributed by atoms with Crippen molar-refractivity contribution in [2.75, 3.05) is 0 Å². The lowest BCUT2D eigenvalue weighted by molar-refractivity contribution is 0.194. The third kappa shape index (κ3) is 2.31. The molecule has 0 saturated heterocycles. The Hall–Kier alpha value is -0.890. The van der Waals surface area contributed by atoms with E-state index in [0.29, 0.717) is 6.42 Å². The Morgan fingerprint density at radius 1 is 1.58 bits per heavy atom. The molecular formula is C10H15NO. The van der Waals surface area contributed by atoms with Gasteiger partial charge in [-0.2, -0.15) is 0 Å². The molecule has 2 heteroatoms. The largest absolute Gasteiger partial charge is 0.393 e. The Bertz CT molecular complexity index is 245. The second kappa shape index (κ2) is 4.21. The number of pyridine rings is 1. The number of rotatable bonds is 3. The van der Waals surface area contributed by atoms with Gasteiger partial charge in [-0.25, -0.2) is 0 Å². The zero-order valence-corrected chi connectivity index (χ0v) is 7.62. The van der Waals surface area contributed by atoms with Crippen molar-refractivity contribution in [1.29, 1.82) is 0 Å². The van der Waals surface area contributed by atoms with E-state index in [9.17, 15) is 5.11 Å². The van der Waals surface area contributed by atoms with Crippen LogP contribution in [0.15, 0.2) is 18.3 Å². The van der Waals surface area contributed by atoms with Crippen LogP contribution in [-0.4, -0.2) is 16.2 Å². The SMILES string of the molecule is CCc1cccnc1CC(C)O. The lowest BCUT2D eigenvalue weighted by Crippen LogP contribution is -2.08. The summed E-state index contributed by atoms with van der Waals surface area (Å²) in [6.45, 7) is 3.89. The molecule has 0 saturated carbocycles. The summed E-state index contributed by atoms with van der Waals surface area (Å²) in [5, 5.41) is 9.19. The number of aliphatic hydroxyl groups excluding tert-OH is 1. The molecule has 1 heterocycles. The lowest BCUT2D eigenvalue weighted by atomic mass is 10.1. The highest BCUT2D eigenvalue weighted by Gasteiger charge is 2.03. The highest BCUT2D eigenvalue weighted by molar-refractivity contribution is 5.20. The summed E-state index contributed by atoms with van der Waals surface area (Å²) >= 11 is 0. The minimum atomic E-state index is -0.301. The van der Waals surface area contributed by atoms with Gasteiger partial charge in [0.05, 0.1) is 6.10 Å². The normalized spacial score (nSPS) is 12.9. The van der Waals surface area contributed by atoms with Crippen molar-refractivity contribution >= 4 is 0 Å². The van der Waals surface area contributed by atoms with E-state index in [1.165, 1.54) is 5.56 Å². The maximum atomic E-state index is 9.19. The first kappa shape index (κ1) is 9.20. The van der Waals surface area contributed by atoms with Gasteiger partial charge in [-0.1, -0.05) is 13.0 Å². The van der Waals surface area contributed by atoms with Crippen LogP contribution in [0, 0.1) is 0 Å². The standard InChI is InChI=1S/C10H15NO/c1-3-9-5-4-6-11-10(9)7-8(2)12/h4-6,8,12H,3,7H2,1-2H3. The van der Waals surface area contributed by atoms with Crippen molar-refractivity contribution in [2.24, 2.45) is 0 Å². The monoisotopic (exact) mass is 165 g/mol. The predicted molar refractivity (Wildman–Crippen MR) is 49.0 cm³/mol. The molecule has 0 spiro atoms.